The maximum atomic E-state index is 12.0. The molecule has 1 aromatic carbocycles. The number of esters is 1. The second-order valence-electron chi connectivity index (χ2n) is 4.50. The van der Waals surface area contributed by atoms with Crippen molar-refractivity contribution in [2.24, 2.45) is 0 Å². The summed E-state index contributed by atoms with van der Waals surface area (Å²) in [5.41, 5.74) is 1.50. The Hall–Kier alpha value is -2.01. The molecule has 0 spiro atoms. The zero-order valence-electron chi connectivity index (χ0n) is 11.5. The summed E-state index contributed by atoms with van der Waals surface area (Å²) in [6.45, 7) is 3.62. The number of phenols is 1. The predicted molar refractivity (Wildman–Crippen MR) is 78.5 cm³/mol. The van der Waals surface area contributed by atoms with Crippen LogP contribution < -0.4 is 4.74 Å². The first-order chi connectivity index (χ1) is 9.52. The van der Waals surface area contributed by atoms with Crippen LogP contribution in [0.5, 0.6) is 11.5 Å². The van der Waals surface area contributed by atoms with Gasteiger partial charge in [-0.25, -0.2) is 4.79 Å². The fourth-order valence-electron chi connectivity index (χ4n) is 1.82. The molecule has 2 aromatic rings. The van der Waals surface area contributed by atoms with Crippen LogP contribution in [0, 0.1) is 0 Å². The minimum absolute atomic E-state index is 0.0411. The zero-order chi connectivity index (χ0) is 14.7. The van der Waals surface area contributed by atoms with Crippen LogP contribution in [0.1, 0.15) is 23.5 Å². The highest BCUT2D eigenvalue weighted by Crippen LogP contribution is 2.35. The lowest BCUT2D eigenvalue weighted by Gasteiger charge is -2.09. The van der Waals surface area contributed by atoms with Crippen LogP contribution in [0.3, 0.4) is 0 Å². The van der Waals surface area contributed by atoms with Crippen molar-refractivity contribution in [2.75, 3.05) is 7.11 Å². The summed E-state index contributed by atoms with van der Waals surface area (Å²) in [6, 6.07) is 6.88. The molecule has 1 N–H and O–H groups in total. The minimum atomic E-state index is -0.347. The molecule has 0 atom stereocenters. The van der Waals surface area contributed by atoms with E-state index < -0.39 is 0 Å². The van der Waals surface area contributed by atoms with E-state index in [1.807, 2.05) is 25.3 Å². The normalized spacial score (nSPS) is 10.6. The number of methoxy groups -OCH3 is 1. The SMILES string of the molecule is COc1ccc(-c2ccsc2C(=O)OC(C)C)cc1O. The smallest absolute Gasteiger partial charge is 0.349 e. The summed E-state index contributed by atoms with van der Waals surface area (Å²) < 4.78 is 10.2. The Morgan fingerprint density at radius 2 is 2.05 bits per heavy atom. The van der Waals surface area contributed by atoms with E-state index in [-0.39, 0.29) is 17.8 Å². The monoisotopic (exact) mass is 292 g/mol. The first-order valence-corrected chi connectivity index (χ1v) is 7.06. The van der Waals surface area contributed by atoms with Gasteiger partial charge in [0.2, 0.25) is 0 Å². The Morgan fingerprint density at radius 3 is 2.65 bits per heavy atom. The average Bonchev–Trinajstić information content (AvgIpc) is 2.87. The van der Waals surface area contributed by atoms with E-state index in [1.165, 1.54) is 18.4 Å². The Morgan fingerprint density at radius 1 is 1.30 bits per heavy atom. The van der Waals surface area contributed by atoms with Crippen LogP contribution in [0.2, 0.25) is 0 Å². The molecule has 0 unspecified atom stereocenters. The van der Waals surface area contributed by atoms with Crippen molar-refractivity contribution in [3.05, 3.63) is 34.5 Å². The molecule has 0 saturated carbocycles. The van der Waals surface area contributed by atoms with Gasteiger partial charge in [0.25, 0.3) is 0 Å². The lowest BCUT2D eigenvalue weighted by Crippen LogP contribution is -2.10. The van der Waals surface area contributed by atoms with Crippen LogP contribution in [0.25, 0.3) is 11.1 Å². The molecule has 106 valence electrons. The molecule has 0 bridgehead atoms. The van der Waals surface area contributed by atoms with Crippen molar-refractivity contribution in [3.8, 4) is 22.6 Å². The molecule has 1 heterocycles. The van der Waals surface area contributed by atoms with E-state index in [1.54, 1.807) is 18.2 Å². The number of carbonyl (C=O) groups is 1. The highest BCUT2D eigenvalue weighted by atomic mass is 32.1. The molecule has 2 rings (SSSR count). The Kier molecular flexibility index (Phi) is 4.29. The van der Waals surface area contributed by atoms with Crippen LogP contribution in [0.15, 0.2) is 29.6 Å². The Labute approximate surface area is 121 Å². The number of hydrogen-bond donors (Lipinski definition) is 1. The van der Waals surface area contributed by atoms with Gasteiger partial charge >= 0.3 is 5.97 Å². The summed E-state index contributed by atoms with van der Waals surface area (Å²) in [5, 5.41) is 11.7. The number of hydrogen-bond acceptors (Lipinski definition) is 5. The molecule has 0 saturated heterocycles. The van der Waals surface area contributed by atoms with E-state index in [2.05, 4.69) is 0 Å². The fraction of sp³-hybridized carbons (Fsp3) is 0.267. The number of carbonyl (C=O) groups excluding carboxylic acids is 1. The van der Waals surface area contributed by atoms with Gasteiger partial charge in [-0.3, -0.25) is 0 Å². The first-order valence-electron chi connectivity index (χ1n) is 6.18. The maximum Gasteiger partial charge on any atom is 0.349 e. The number of phenolic OH excluding ortho intramolecular Hbond substituents is 1. The van der Waals surface area contributed by atoms with Crippen molar-refractivity contribution in [1.29, 1.82) is 0 Å². The molecule has 5 heteroatoms. The molecule has 4 nitrogen and oxygen atoms in total. The molecule has 1 aromatic heterocycles. The van der Waals surface area contributed by atoms with E-state index in [0.29, 0.717) is 10.6 Å². The van der Waals surface area contributed by atoms with E-state index in [0.717, 1.165) is 11.1 Å². The topological polar surface area (TPSA) is 55.8 Å². The summed E-state index contributed by atoms with van der Waals surface area (Å²) in [5.74, 6) is 0.0926. The van der Waals surface area contributed by atoms with Gasteiger partial charge in [0.05, 0.1) is 13.2 Å². The molecule has 20 heavy (non-hydrogen) atoms. The highest BCUT2D eigenvalue weighted by molar-refractivity contribution is 7.12. The molecular weight excluding hydrogens is 276 g/mol. The zero-order valence-corrected chi connectivity index (χ0v) is 12.4. The third-order valence-electron chi connectivity index (χ3n) is 2.68. The summed E-state index contributed by atoms with van der Waals surface area (Å²) in [4.78, 5) is 12.6. The number of ether oxygens (including phenoxy) is 2. The summed E-state index contributed by atoms with van der Waals surface area (Å²) in [6.07, 6.45) is -0.165. The van der Waals surface area contributed by atoms with Crippen molar-refractivity contribution in [3.63, 3.8) is 0 Å². The lowest BCUT2D eigenvalue weighted by atomic mass is 10.1. The van der Waals surface area contributed by atoms with Crippen molar-refractivity contribution in [2.45, 2.75) is 20.0 Å². The van der Waals surface area contributed by atoms with Gasteiger partial charge in [-0.15, -0.1) is 11.3 Å². The minimum Gasteiger partial charge on any atom is -0.504 e. The summed E-state index contributed by atoms with van der Waals surface area (Å²) >= 11 is 1.32. The van der Waals surface area contributed by atoms with Gasteiger partial charge in [-0.05, 0) is 43.0 Å². The molecule has 0 aliphatic rings. The van der Waals surface area contributed by atoms with Crippen LogP contribution in [0.4, 0.5) is 0 Å². The summed E-state index contributed by atoms with van der Waals surface area (Å²) in [7, 11) is 1.49. The number of rotatable bonds is 4. The average molecular weight is 292 g/mol. The van der Waals surface area contributed by atoms with Gasteiger partial charge in [-0.2, -0.15) is 0 Å². The van der Waals surface area contributed by atoms with Gasteiger partial charge < -0.3 is 14.6 Å². The second-order valence-corrected chi connectivity index (χ2v) is 5.42. The second kappa shape index (κ2) is 5.96. The third kappa shape index (κ3) is 2.93. The van der Waals surface area contributed by atoms with Gasteiger partial charge in [0.15, 0.2) is 11.5 Å². The quantitative estimate of drug-likeness (QED) is 0.873. The number of aromatic hydroxyl groups is 1. The molecule has 0 aliphatic carbocycles. The fourth-order valence-corrected chi connectivity index (χ4v) is 2.62. The van der Waals surface area contributed by atoms with Crippen molar-refractivity contribution in [1.82, 2.24) is 0 Å². The Balaban J connectivity index is 2.37. The molecule has 0 aliphatic heterocycles. The predicted octanol–water partition coefficient (Wildman–Crippen LogP) is 3.69. The van der Waals surface area contributed by atoms with Crippen molar-refractivity contribution >= 4 is 17.3 Å². The molecule has 0 fully saturated rings. The number of thiophene rings is 1. The van der Waals surface area contributed by atoms with Gasteiger partial charge in [-0.1, -0.05) is 6.07 Å². The largest absolute Gasteiger partial charge is 0.504 e. The van der Waals surface area contributed by atoms with Crippen LogP contribution in [-0.4, -0.2) is 24.3 Å². The standard InChI is InChI=1S/C15H16O4S/c1-9(2)19-15(17)14-11(6-7-20-14)10-4-5-13(18-3)12(16)8-10/h4-9,16H,1-3H3. The third-order valence-corrected chi connectivity index (χ3v) is 3.58. The van der Waals surface area contributed by atoms with E-state index >= 15 is 0 Å². The Bertz CT molecular complexity index is 616. The maximum absolute atomic E-state index is 12.0. The molecule has 0 amide bonds. The van der Waals surface area contributed by atoms with E-state index in [4.69, 9.17) is 9.47 Å². The van der Waals surface area contributed by atoms with Crippen LogP contribution >= 0.6 is 11.3 Å². The van der Waals surface area contributed by atoms with Gasteiger partial charge in [0, 0.05) is 5.56 Å². The van der Waals surface area contributed by atoms with E-state index in [9.17, 15) is 9.90 Å². The number of benzene rings is 1. The van der Waals surface area contributed by atoms with Gasteiger partial charge in [0.1, 0.15) is 4.88 Å². The first kappa shape index (κ1) is 14.4. The molecular formula is C15H16O4S. The van der Waals surface area contributed by atoms with Crippen LogP contribution in [-0.2, 0) is 4.74 Å². The highest BCUT2D eigenvalue weighted by Gasteiger charge is 2.18. The molecule has 0 radical (unpaired) electrons. The lowest BCUT2D eigenvalue weighted by molar-refractivity contribution is 0.0384. The van der Waals surface area contributed by atoms with Crippen molar-refractivity contribution < 1.29 is 19.4 Å².